The summed E-state index contributed by atoms with van der Waals surface area (Å²) >= 11 is 1.60. The first kappa shape index (κ1) is 5.91. The zero-order valence-electron chi connectivity index (χ0n) is 4.72. The Bertz CT molecular complexity index is 112. The maximum absolute atomic E-state index is 5.44. The molecule has 0 spiro atoms. The molecule has 0 aliphatic carbocycles. The summed E-state index contributed by atoms with van der Waals surface area (Å²) in [6, 6.07) is 0. The van der Waals surface area contributed by atoms with Crippen molar-refractivity contribution in [1.82, 2.24) is 5.32 Å². The molecule has 4 heteroatoms. The van der Waals surface area contributed by atoms with E-state index >= 15 is 0 Å². The van der Waals surface area contributed by atoms with Crippen LogP contribution in [0.15, 0.2) is 4.99 Å². The fraction of sp³-hybridized carbons (Fsp3) is 0.750. The summed E-state index contributed by atoms with van der Waals surface area (Å²) in [5, 5.41) is 4.00. The summed E-state index contributed by atoms with van der Waals surface area (Å²) in [5.41, 5.74) is 5.44. The molecule has 1 aliphatic heterocycles. The maximum Gasteiger partial charge on any atom is 0.158 e. The number of amidine groups is 1. The van der Waals surface area contributed by atoms with Crippen molar-refractivity contribution in [3.63, 3.8) is 0 Å². The Morgan fingerprint density at radius 3 is 3.00 bits per heavy atom. The monoisotopic (exact) mass is 131 g/mol. The lowest BCUT2D eigenvalue weighted by Crippen LogP contribution is -2.24. The van der Waals surface area contributed by atoms with Crippen LogP contribution in [0.25, 0.3) is 0 Å². The van der Waals surface area contributed by atoms with Crippen molar-refractivity contribution < 1.29 is 0 Å². The molecule has 0 saturated carbocycles. The first-order chi connectivity index (χ1) is 3.83. The first-order valence-corrected chi connectivity index (χ1v) is 3.66. The van der Waals surface area contributed by atoms with Crippen LogP contribution in [0.3, 0.4) is 0 Å². The number of hydrogen-bond acceptors (Lipinski definition) is 4. The molecule has 46 valence electrons. The maximum atomic E-state index is 5.44. The highest BCUT2D eigenvalue weighted by Crippen LogP contribution is 2.00. The number of aliphatic imine (C=N–C) groups is 1. The van der Waals surface area contributed by atoms with Crippen molar-refractivity contribution in [1.29, 1.82) is 0 Å². The lowest BCUT2D eigenvalue weighted by molar-refractivity contribution is 0.732. The molecule has 0 aromatic carbocycles. The second kappa shape index (κ2) is 2.37. The van der Waals surface area contributed by atoms with Crippen molar-refractivity contribution in [3.8, 4) is 0 Å². The molecule has 0 amide bonds. The topological polar surface area (TPSA) is 50.4 Å². The fourth-order valence-electron chi connectivity index (χ4n) is 0.559. The van der Waals surface area contributed by atoms with E-state index in [-0.39, 0.29) is 6.17 Å². The molecular formula is C4H9N3S. The van der Waals surface area contributed by atoms with E-state index in [2.05, 4.69) is 10.3 Å². The number of thioether (sulfide) groups is 1. The molecule has 0 aromatic rings. The van der Waals surface area contributed by atoms with E-state index in [0.29, 0.717) is 0 Å². The molecule has 3 nitrogen and oxygen atoms in total. The summed E-state index contributed by atoms with van der Waals surface area (Å²) in [6.45, 7) is 0.788. The van der Waals surface area contributed by atoms with Gasteiger partial charge in [0.25, 0.3) is 0 Å². The fourth-order valence-corrected chi connectivity index (χ4v) is 1.03. The van der Waals surface area contributed by atoms with E-state index in [4.69, 9.17) is 5.73 Å². The smallest absolute Gasteiger partial charge is 0.158 e. The SMILES string of the molecule is CSC1=NC(N)CN1. The minimum Gasteiger partial charge on any atom is -0.361 e. The van der Waals surface area contributed by atoms with E-state index in [1.54, 1.807) is 11.8 Å². The van der Waals surface area contributed by atoms with E-state index in [1.165, 1.54) is 0 Å². The Kier molecular flexibility index (Phi) is 1.75. The van der Waals surface area contributed by atoms with E-state index in [9.17, 15) is 0 Å². The number of nitrogens with two attached hydrogens (primary N) is 1. The molecule has 1 rings (SSSR count). The Balaban J connectivity index is 2.44. The Morgan fingerprint density at radius 2 is 2.75 bits per heavy atom. The highest BCUT2D eigenvalue weighted by molar-refractivity contribution is 8.13. The standard InChI is InChI=1S/C4H9N3S/c1-8-4-6-2-3(5)7-4/h3H,2,5H2,1H3,(H,6,7). The van der Waals surface area contributed by atoms with Gasteiger partial charge in [-0.15, -0.1) is 0 Å². The predicted octanol–water partition coefficient (Wildman–Crippen LogP) is -0.407. The van der Waals surface area contributed by atoms with Crippen LogP contribution in [0, 0.1) is 0 Å². The highest BCUT2D eigenvalue weighted by atomic mass is 32.2. The molecule has 0 saturated heterocycles. The largest absolute Gasteiger partial charge is 0.361 e. The number of hydrogen-bond donors (Lipinski definition) is 2. The minimum atomic E-state index is -0.0163. The molecule has 1 heterocycles. The second-order valence-corrected chi connectivity index (χ2v) is 2.38. The highest BCUT2D eigenvalue weighted by Gasteiger charge is 2.09. The number of nitrogens with zero attached hydrogens (tertiary/aromatic N) is 1. The Labute approximate surface area is 52.7 Å². The average molecular weight is 131 g/mol. The van der Waals surface area contributed by atoms with Crippen LogP contribution in [0.5, 0.6) is 0 Å². The Morgan fingerprint density at radius 1 is 2.00 bits per heavy atom. The van der Waals surface area contributed by atoms with Gasteiger partial charge in [0.15, 0.2) is 5.17 Å². The van der Waals surface area contributed by atoms with E-state index in [1.807, 2.05) is 6.26 Å². The quantitative estimate of drug-likeness (QED) is 0.470. The van der Waals surface area contributed by atoms with Crippen LogP contribution in [0.4, 0.5) is 0 Å². The van der Waals surface area contributed by atoms with Crippen LogP contribution in [-0.4, -0.2) is 24.1 Å². The van der Waals surface area contributed by atoms with Crippen molar-refractivity contribution in [2.24, 2.45) is 10.7 Å². The van der Waals surface area contributed by atoms with Crippen LogP contribution < -0.4 is 11.1 Å². The van der Waals surface area contributed by atoms with Crippen LogP contribution in [0.1, 0.15) is 0 Å². The van der Waals surface area contributed by atoms with Gasteiger partial charge in [0, 0.05) is 0 Å². The average Bonchev–Trinajstić information content (AvgIpc) is 2.14. The molecule has 0 radical (unpaired) electrons. The van der Waals surface area contributed by atoms with E-state index in [0.717, 1.165) is 11.7 Å². The zero-order valence-corrected chi connectivity index (χ0v) is 5.53. The lowest BCUT2D eigenvalue weighted by Gasteiger charge is -1.92. The molecule has 8 heavy (non-hydrogen) atoms. The van der Waals surface area contributed by atoms with Crippen molar-refractivity contribution in [2.45, 2.75) is 6.17 Å². The Hall–Kier alpha value is -0.220. The molecule has 1 unspecified atom stereocenters. The second-order valence-electron chi connectivity index (χ2n) is 1.59. The van der Waals surface area contributed by atoms with Crippen molar-refractivity contribution in [2.75, 3.05) is 12.8 Å². The molecule has 0 fully saturated rings. The molecule has 1 atom stereocenters. The van der Waals surface area contributed by atoms with Gasteiger partial charge < -0.3 is 11.1 Å². The van der Waals surface area contributed by atoms with E-state index < -0.39 is 0 Å². The van der Waals surface area contributed by atoms with Gasteiger partial charge in [-0.25, -0.2) is 4.99 Å². The molecule has 1 aliphatic rings. The molecule has 0 aromatic heterocycles. The van der Waals surface area contributed by atoms with Gasteiger partial charge in [0.05, 0.1) is 6.54 Å². The van der Waals surface area contributed by atoms with Crippen molar-refractivity contribution >= 4 is 16.9 Å². The number of rotatable bonds is 0. The van der Waals surface area contributed by atoms with Gasteiger partial charge in [0.1, 0.15) is 6.17 Å². The first-order valence-electron chi connectivity index (χ1n) is 2.44. The van der Waals surface area contributed by atoms with Crippen LogP contribution in [0.2, 0.25) is 0 Å². The summed E-state index contributed by atoms with van der Waals surface area (Å²) in [5.74, 6) is 0. The van der Waals surface area contributed by atoms with Gasteiger partial charge in [-0.2, -0.15) is 0 Å². The van der Waals surface area contributed by atoms with Gasteiger partial charge >= 0.3 is 0 Å². The van der Waals surface area contributed by atoms with Gasteiger partial charge in [-0.05, 0) is 6.26 Å². The third kappa shape index (κ3) is 1.14. The summed E-state index contributed by atoms with van der Waals surface area (Å²) in [7, 11) is 0. The summed E-state index contributed by atoms with van der Waals surface area (Å²) < 4.78 is 0. The molecule has 0 bridgehead atoms. The van der Waals surface area contributed by atoms with Crippen LogP contribution >= 0.6 is 11.8 Å². The third-order valence-electron chi connectivity index (χ3n) is 0.939. The van der Waals surface area contributed by atoms with Crippen LogP contribution in [-0.2, 0) is 0 Å². The van der Waals surface area contributed by atoms with Gasteiger partial charge in [-0.1, -0.05) is 11.8 Å². The predicted molar refractivity (Wildman–Crippen MR) is 36.9 cm³/mol. The molecule has 3 N–H and O–H groups in total. The summed E-state index contributed by atoms with van der Waals surface area (Å²) in [4.78, 5) is 4.05. The lowest BCUT2D eigenvalue weighted by atomic mass is 10.6. The minimum absolute atomic E-state index is 0.0163. The third-order valence-corrected chi connectivity index (χ3v) is 1.58. The summed E-state index contributed by atoms with van der Waals surface area (Å²) in [6.07, 6.45) is 1.96. The number of nitrogens with one attached hydrogen (secondary N) is 1. The van der Waals surface area contributed by atoms with Gasteiger partial charge in [-0.3, -0.25) is 0 Å². The van der Waals surface area contributed by atoms with Gasteiger partial charge in [0.2, 0.25) is 0 Å². The zero-order chi connectivity index (χ0) is 5.98. The molecular weight excluding hydrogens is 122 g/mol. The normalized spacial score (nSPS) is 27.2. The van der Waals surface area contributed by atoms with Crippen molar-refractivity contribution in [3.05, 3.63) is 0 Å².